The monoisotopic (exact) mass is 460 g/mol. The van der Waals surface area contributed by atoms with Gasteiger partial charge in [0.15, 0.2) is 0 Å². The van der Waals surface area contributed by atoms with Crippen molar-refractivity contribution in [3.8, 4) is 0 Å². The van der Waals surface area contributed by atoms with Gasteiger partial charge in [-0.1, -0.05) is 26.0 Å². The zero-order valence-corrected chi connectivity index (χ0v) is 19.5. The molecule has 2 saturated heterocycles. The van der Waals surface area contributed by atoms with E-state index in [1.807, 2.05) is 20.0 Å². The molecule has 0 radical (unpaired) electrons. The molecule has 2 amide bonds. The molecule has 32 heavy (non-hydrogen) atoms. The summed E-state index contributed by atoms with van der Waals surface area (Å²) >= 11 is 0. The molecule has 3 heterocycles. The van der Waals surface area contributed by atoms with Crippen molar-refractivity contribution in [1.82, 2.24) is 15.2 Å². The van der Waals surface area contributed by atoms with Crippen LogP contribution < -0.4 is 10.2 Å². The Balaban J connectivity index is 0.00000289. The number of pyridine rings is 1. The largest absolute Gasteiger partial charge is 0.355 e. The van der Waals surface area contributed by atoms with Crippen LogP contribution in [0.1, 0.15) is 46.8 Å². The van der Waals surface area contributed by atoms with E-state index >= 15 is 0 Å². The zero-order valence-electron chi connectivity index (χ0n) is 18.7. The Bertz CT molecular complexity index is 1010. The van der Waals surface area contributed by atoms with E-state index in [-0.39, 0.29) is 41.6 Å². The van der Waals surface area contributed by atoms with Gasteiger partial charge in [-0.05, 0) is 48.1 Å². The van der Waals surface area contributed by atoms with Gasteiger partial charge in [-0.25, -0.2) is 9.37 Å². The molecule has 2 fully saturated rings. The molecular formula is C24H30ClFN4O2. The summed E-state index contributed by atoms with van der Waals surface area (Å²) < 4.78 is 14.8. The van der Waals surface area contributed by atoms with Gasteiger partial charge in [0.25, 0.3) is 5.91 Å². The van der Waals surface area contributed by atoms with Crippen LogP contribution in [-0.2, 0) is 11.2 Å². The van der Waals surface area contributed by atoms with Gasteiger partial charge in [-0.15, -0.1) is 12.4 Å². The lowest BCUT2D eigenvalue weighted by atomic mass is 9.89. The third-order valence-corrected chi connectivity index (χ3v) is 6.36. The van der Waals surface area contributed by atoms with E-state index in [0.29, 0.717) is 38.3 Å². The first-order valence-electron chi connectivity index (χ1n) is 11.0. The van der Waals surface area contributed by atoms with E-state index in [1.54, 1.807) is 11.0 Å². The van der Waals surface area contributed by atoms with Gasteiger partial charge in [0, 0.05) is 38.9 Å². The number of amides is 2. The standard InChI is InChI=1S/C24H29FN4O2.ClH/c1-4-17-11-15(2)13-26-22(17)28-7-9-29(10-8-28)24(31)19-6-5-18(12-20(19)25)21-16(3)14-27-23(21)30;/h5-6,11-13,16,21H,4,7-10,14H2,1-3H3,(H,27,30);1H/t16?,21-;/m1./s1. The Morgan fingerprint density at radius 2 is 1.94 bits per heavy atom. The fourth-order valence-corrected chi connectivity index (χ4v) is 4.59. The summed E-state index contributed by atoms with van der Waals surface area (Å²) in [6, 6.07) is 6.73. The minimum Gasteiger partial charge on any atom is -0.355 e. The van der Waals surface area contributed by atoms with Gasteiger partial charge >= 0.3 is 0 Å². The van der Waals surface area contributed by atoms with Crippen LogP contribution >= 0.6 is 12.4 Å². The fourth-order valence-electron chi connectivity index (χ4n) is 4.59. The smallest absolute Gasteiger partial charge is 0.256 e. The second-order valence-electron chi connectivity index (χ2n) is 8.57. The number of aromatic nitrogens is 1. The highest BCUT2D eigenvalue weighted by Crippen LogP contribution is 2.30. The lowest BCUT2D eigenvalue weighted by Crippen LogP contribution is -2.49. The van der Waals surface area contributed by atoms with Gasteiger partial charge < -0.3 is 15.1 Å². The quantitative estimate of drug-likeness (QED) is 0.760. The van der Waals surface area contributed by atoms with Crippen molar-refractivity contribution < 1.29 is 14.0 Å². The molecule has 8 heteroatoms. The SMILES string of the molecule is CCc1cc(C)cnc1N1CCN(C(=O)c2ccc([C@@H]3C(=O)NCC3C)cc2F)CC1.Cl. The summed E-state index contributed by atoms with van der Waals surface area (Å²) in [5.74, 6) is -0.245. The molecule has 6 nitrogen and oxygen atoms in total. The average Bonchev–Trinajstić information content (AvgIpc) is 3.11. The second kappa shape index (κ2) is 9.86. The Kier molecular flexibility index (Phi) is 7.39. The van der Waals surface area contributed by atoms with Gasteiger partial charge in [0.2, 0.25) is 5.91 Å². The number of piperazine rings is 1. The number of carbonyl (C=O) groups is 2. The molecule has 172 valence electrons. The summed E-state index contributed by atoms with van der Waals surface area (Å²) in [7, 11) is 0. The summed E-state index contributed by atoms with van der Waals surface area (Å²) in [6.07, 6.45) is 2.77. The number of hydrogen-bond donors (Lipinski definition) is 1. The highest BCUT2D eigenvalue weighted by molar-refractivity contribution is 5.95. The minimum atomic E-state index is -0.565. The number of hydrogen-bond acceptors (Lipinski definition) is 4. The average molecular weight is 461 g/mol. The van der Waals surface area contributed by atoms with Crippen molar-refractivity contribution in [3.63, 3.8) is 0 Å². The van der Waals surface area contributed by atoms with Crippen LogP contribution in [-0.4, -0.2) is 54.4 Å². The normalized spacial score (nSPS) is 20.7. The Labute approximate surface area is 194 Å². The first kappa shape index (κ1) is 24.0. The summed E-state index contributed by atoms with van der Waals surface area (Å²) in [4.78, 5) is 33.5. The van der Waals surface area contributed by atoms with E-state index in [4.69, 9.17) is 0 Å². The van der Waals surface area contributed by atoms with Crippen LogP contribution in [0, 0.1) is 18.7 Å². The molecule has 1 unspecified atom stereocenters. The number of anilines is 1. The maximum Gasteiger partial charge on any atom is 0.256 e. The highest BCUT2D eigenvalue weighted by atomic mass is 35.5. The zero-order chi connectivity index (χ0) is 22.1. The number of nitrogens with one attached hydrogen (secondary N) is 1. The van der Waals surface area contributed by atoms with Crippen LogP contribution in [0.2, 0.25) is 0 Å². The van der Waals surface area contributed by atoms with Crippen molar-refractivity contribution in [2.45, 2.75) is 33.1 Å². The lowest BCUT2D eigenvalue weighted by molar-refractivity contribution is -0.120. The number of benzene rings is 1. The first-order chi connectivity index (χ1) is 14.9. The van der Waals surface area contributed by atoms with E-state index < -0.39 is 5.82 Å². The Morgan fingerprint density at radius 1 is 1.22 bits per heavy atom. The van der Waals surface area contributed by atoms with Crippen LogP contribution in [0.4, 0.5) is 10.2 Å². The van der Waals surface area contributed by atoms with Gasteiger partial charge in [0.1, 0.15) is 11.6 Å². The topological polar surface area (TPSA) is 65.5 Å². The molecule has 1 N–H and O–H groups in total. The molecule has 0 aliphatic carbocycles. The molecule has 2 aromatic rings. The molecule has 4 rings (SSSR count). The maximum absolute atomic E-state index is 14.8. The van der Waals surface area contributed by atoms with Crippen LogP contribution in [0.25, 0.3) is 0 Å². The van der Waals surface area contributed by atoms with Crippen LogP contribution in [0.5, 0.6) is 0 Å². The van der Waals surface area contributed by atoms with Gasteiger partial charge in [-0.3, -0.25) is 9.59 Å². The summed E-state index contributed by atoms with van der Waals surface area (Å²) in [5, 5.41) is 2.81. The molecule has 0 spiro atoms. The van der Waals surface area contributed by atoms with E-state index in [9.17, 15) is 14.0 Å². The molecule has 1 aromatic carbocycles. The van der Waals surface area contributed by atoms with E-state index in [2.05, 4.69) is 28.2 Å². The van der Waals surface area contributed by atoms with Crippen molar-refractivity contribution in [3.05, 3.63) is 58.5 Å². The molecule has 2 aliphatic rings. The molecule has 1 aromatic heterocycles. The predicted molar refractivity (Wildman–Crippen MR) is 125 cm³/mol. The van der Waals surface area contributed by atoms with Crippen LogP contribution in [0.3, 0.4) is 0 Å². The highest BCUT2D eigenvalue weighted by Gasteiger charge is 2.34. The molecule has 2 atom stereocenters. The molecule has 0 saturated carbocycles. The van der Waals surface area contributed by atoms with Crippen molar-refractivity contribution >= 4 is 30.0 Å². The molecular weight excluding hydrogens is 431 g/mol. The Morgan fingerprint density at radius 3 is 2.53 bits per heavy atom. The van der Waals surface area contributed by atoms with Crippen molar-refractivity contribution in [2.75, 3.05) is 37.6 Å². The number of halogens is 2. The van der Waals surface area contributed by atoms with Crippen LogP contribution in [0.15, 0.2) is 30.5 Å². The van der Waals surface area contributed by atoms with Gasteiger partial charge in [0.05, 0.1) is 11.5 Å². The summed E-state index contributed by atoms with van der Waals surface area (Å²) in [5.41, 5.74) is 3.02. The summed E-state index contributed by atoms with van der Waals surface area (Å²) in [6.45, 7) is 9.05. The lowest BCUT2D eigenvalue weighted by Gasteiger charge is -2.36. The van der Waals surface area contributed by atoms with Gasteiger partial charge in [-0.2, -0.15) is 0 Å². The molecule has 2 aliphatic heterocycles. The number of nitrogens with zero attached hydrogens (tertiary/aromatic N) is 3. The maximum atomic E-state index is 14.8. The number of aryl methyl sites for hydroxylation is 2. The van der Waals surface area contributed by atoms with E-state index in [0.717, 1.165) is 17.8 Å². The fraction of sp³-hybridized carbons (Fsp3) is 0.458. The first-order valence-corrected chi connectivity index (χ1v) is 11.0. The van der Waals surface area contributed by atoms with Crippen molar-refractivity contribution in [2.24, 2.45) is 5.92 Å². The number of rotatable bonds is 4. The predicted octanol–water partition coefficient (Wildman–Crippen LogP) is 3.33. The third kappa shape index (κ3) is 4.58. The minimum absolute atomic E-state index is 0. The third-order valence-electron chi connectivity index (χ3n) is 6.36. The van der Waals surface area contributed by atoms with E-state index in [1.165, 1.54) is 17.7 Å². The second-order valence-corrected chi connectivity index (χ2v) is 8.57. The van der Waals surface area contributed by atoms with Crippen molar-refractivity contribution in [1.29, 1.82) is 0 Å². The molecule has 0 bridgehead atoms. The number of carbonyl (C=O) groups excluding carboxylic acids is 2. The Hall–Kier alpha value is -2.67.